The number of aromatic amines is 1. The topological polar surface area (TPSA) is 45.2 Å². The fourth-order valence-corrected chi connectivity index (χ4v) is 1.98. The van der Waals surface area contributed by atoms with E-state index in [2.05, 4.69) is 4.98 Å². The minimum atomic E-state index is 0.172. The highest BCUT2D eigenvalue weighted by Gasteiger charge is 2.10. The molecule has 0 unspecified atom stereocenters. The zero-order valence-electron chi connectivity index (χ0n) is 9.00. The third-order valence-corrected chi connectivity index (χ3v) is 2.70. The Bertz CT molecular complexity index is 474. The lowest BCUT2D eigenvalue weighted by atomic mass is 10.1. The van der Waals surface area contributed by atoms with E-state index < -0.39 is 0 Å². The summed E-state index contributed by atoms with van der Waals surface area (Å²) < 4.78 is 5.28. The maximum atomic E-state index is 9.00. The SMILES string of the molecule is COc1cccc2c(CCO)c(C)[nH]c12. The zero-order chi connectivity index (χ0) is 10.8. The molecule has 0 bridgehead atoms. The van der Waals surface area contributed by atoms with Crippen LogP contribution in [0.5, 0.6) is 5.75 Å². The largest absolute Gasteiger partial charge is 0.495 e. The number of fused-ring (bicyclic) bond motifs is 1. The van der Waals surface area contributed by atoms with Crippen molar-refractivity contribution in [2.24, 2.45) is 0 Å². The van der Waals surface area contributed by atoms with Crippen LogP contribution in [0.4, 0.5) is 0 Å². The molecule has 80 valence electrons. The van der Waals surface area contributed by atoms with Gasteiger partial charge in [0.15, 0.2) is 0 Å². The lowest BCUT2D eigenvalue weighted by Gasteiger charge is -2.01. The van der Waals surface area contributed by atoms with Crippen LogP contribution in [0.1, 0.15) is 11.3 Å². The number of H-pyrrole nitrogens is 1. The van der Waals surface area contributed by atoms with Gasteiger partial charge in [-0.2, -0.15) is 0 Å². The lowest BCUT2D eigenvalue weighted by Crippen LogP contribution is -1.91. The Morgan fingerprint density at radius 1 is 1.40 bits per heavy atom. The molecule has 0 fully saturated rings. The van der Waals surface area contributed by atoms with Gasteiger partial charge in [-0.3, -0.25) is 0 Å². The number of aryl methyl sites for hydroxylation is 1. The quantitative estimate of drug-likeness (QED) is 0.805. The highest BCUT2D eigenvalue weighted by molar-refractivity contribution is 5.89. The molecule has 0 atom stereocenters. The van der Waals surface area contributed by atoms with E-state index in [1.807, 2.05) is 25.1 Å². The number of hydrogen-bond acceptors (Lipinski definition) is 2. The molecule has 3 heteroatoms. The first-order valence-electron chi connectivity index (χ1n) is 5.03. The summed E-state index contributed by atoms with van der Waals surface area (Å²) in [6.07, 6.45) is 0.680. The lowest BCUT2D eigenvalue weighted by molar-refractivity contribution is 0.300. The van der Waals surface area contributed by atoms with Crippen molar-refractivity contribution in [3.8, 4) is 5.75 Å². The van der Waals surface area contributed by atoms with Gasteiger partial charge >= 0.3 is 0 Å². The molecule has 0 aliphatic carbocycles. The maximum Gasteiger partial charge on any atom is 0.142 e. The van der Waals surface area contributed by atoms with Crippen LogP contribution in [0, 0.1) is 6.92 Å². The molecular weight excluding hydrogens is 190 g/mol. The van der Waals surface area contributed by atoms with Gasteiger partial charge < -0.3 is 14.8 Å². The van der Waals surface area contributed by atoms with Gasteiger partial charge in [-0.25, -0.2) is 0 Å². The van der Waals surface area contributed by atoms with Crippen LogP contribution in [-0.4, -0.2) is 23.8 Å². The second-order valence-corrected chi connectivity index (χ2v) is 3.58. The summed E-state index contributed by atoms with van der Waals surface area (Å²) in [5, 5.41) is 10.1. The van der Waals surface area contributed by atoms with Crippen molar-refractivity contribution < 1.29 is 9.84 Å². The minimum Gasteiger partial charge on any atom is -0.495 e. The van der Waals surface area contributed by atoms with E-state index in [9.17, 15) is 0 Å². The summed E-state index contributed by atoms with van der Waals surface area (Å²) in [6, 6.07) is 5.95. The van der Waals surface area contributed by atoms with E-state index in [1.165, 1.54) is 5.56 Å². The summed E-state index contributed by atoms with van der Waals surface area (Å²) in [6.45, 7) is 2.19. The second-order valence-electron chi connectivity index (χ2n) is 3.58. The van der Waals surface area contributed by atoms with Gasteiger partial charge in [-0.05, 0) is 25.0 Å². The average molecular weight is 205 g/mol. The Morgan fingerprint density at radius 3 is 2.87 bits per heavy atom. The number of benzene rings is 1. The number of para-hydroxylation sites is 1. The van der Waals surface area contributed by atoms with Gasteiger partial charge in [0.25, 0.3) is 0 Å². The highest BCUT2D eigenvalue weighted by atomic mass is 16.5. The number of hydrogen-bond donors (Lipinski definition) is 2. The van der Waals surface area contributed by atoms with Crippen LogP contribution < -0.4 is 4.74 Å². The standard InChI is InChI=1S/C12H15NO2/c1-8-9(6-7-14)10-4-3-5-11(15-2)12(10)13-8/h3-5,13-14H,6-7H2,1-2H3. The van der Waals surface area contributed by atoms with Crippen molar-refractivity contribution in [1.29, 1.82) is 0 Å². The smallest absolute Gasteiger partial charge is 0.142 e. The molecule has 2 N–H and O–H groups in total. The summed E-state index contributed by atoms with van der Waals surface area (Å²) in [5.74, 6) is 0.847. The molecule has 15 heavy (non-hydrogen) atoms. The van der Waals surface area contributed by atoms with Gasteiger partial charge in [-0.15, -0.1) is 0 Å². The molecule has 0 saturated carbocycles. The summed E-state index contributed by atoms with van der Waals surface area (Å²) in [4.78, 5) is 3.30. The normalized spacial score (nSPS) is 10.9. The van der Waals surface area contributed by atoms with Crippen molar-refractivity contribution in [1.82, 2.24) is 4.98 Å². The number of aromatic nitrogens is 1. The van der Waals surface area contributed by atoms with Crippen LogP contribution in [0.25, 0.3) is 10.9 Å². The molecule has 0 aliphatic rings. The van der Waals surface area contributed by atoms with Crippen molar-refractivity contribution in [3.05, 3.63) is 29.5 Å². The third kappa shape index (κ3) is 1.59. The molecule has 0 aliphatic heterocycles. The predicted octanol–water partition coefficient (Wildman–Crippen LogP) is 2.02. The van der Waals surface area contributed by atoms with E-state index >= 15 is 0 Å². The Hall–Kier alpha value is -1.48. The van der Waals surface area contributed by atoms with Gasteiger partial charge in [-0.1, -0.05) is 12.1 Å². The van der Waals surface area contributed by atoms with E-state index in [1.54, 1.807) is 7.11 Å². The number of rotatable bonds is 3. The molecule has 2 rings (SSSR count). The van der Waals surface area contributed by atoms with Crippen molar-refractivity contribution in [2.45, 2.75) is 13.3 Å². The molecule has 0 saturated heterocycles. The number of nitrogens with one attached hydrogen (secondary N) is 1. The molecule has 1 aromatic carbocycles. The fourth-order valence-electron chi connectivity index (χ4n) is 1.98. The average Bonchev–Trinajstić information content (AvgIpc) is 2.56. The van der Waals surface area contributed by atoms with Crippen molar-refractivity contribution in [3.63, 3.8) is 0 Å². The molecular formula is C12H15NO2. The molecule has 1 heterocycles. The first-order chi connectivity index (χ1) is 7.27. The Balaban J connectivity index is 2.67. The van der Waals surface area contributed by atoms with Crippen LogP contribution in [0.2, 0.25) is 0 Å². The molecule has 0 radical (unpaired) electrons. The molecule has 2 aromatic rings. The second kappa shape index (κ2) is 3.95. The first-order valence-corrected chi connectivity index (χ1v) is 5.03. The number of ether oxygens (including phenoxy) is 1. The van der Waals surface area contributed by atoms with Gasteiger partial charge in [0, 0.05) is 17.7 Å². The van der Waals surface area contributed by atoms with Crippen LogP contribution in [0.15, 0.2) is 18.2 Å². The first kappa shape index (κ1) is 10.1. The third-order valence-electron chi connectivity index (χ3n) is 2.70. The predicted molar refractivity (Wildman–Crippen MR) is 60.4 cm³/mol. The molecule has 3 nitrogen and oxygen atoms in total. The highest BCUT2D eigenvalue weighted by Crippen LogP contribution is 2.29. The van der Waals surface area contributed by atoms with Crippen molar-refractivity contribution >= 4 is 10.9 Å². The maximum absolute atomic E-state index is 9.00. The van der Waals surface area contributed by atoms with Gasteiger partial charge in [0.05, 0.1) is 12.6 Å². The zero-order valence-corrected chi connectivity index (χ0v) is 9.00. The van der Waals surface area contributed by atoms with E-state index in [0.717, 1.165) is 22.3 Å². The summed E-state index contributed by atoms with van der Waals surface area (Å²) >= 11 is 0. The molecule has 1 aromatic heterocycles. The van der Waals surface area contributed by atoms with Crippen LogP contribution in [-0.2, 0) is 6.42 Å². The monoisotopic (exact) mass is 205 g/mol. The van der Waals surface area contributed by atoms with E-state index in [4.69, 9.17) is 9.84 Å². The van der Waals surface area contributed by atoms with E-state index in [-0.39, 0.29) is 6.61 Å². The number of methoxy groups -OCH3 is 1. The van der Waals surface area contributed by atoms with Gasteiger partial charge in [0.2, 0.25) is 0 Å². The van der Waals surface area contributed by atoms with E-state index in [0.29, 0.717) is 6.42 Å². The van der Waals surface area contributed by atoms with Crippen molar-refractivity contribution in [2.75, 3.05) is 13.7 Å². The summed E-state index contributed by atoms with van der Waals surface area (Å²) in [7, 11) is 1.66. The molecule has 0 spiro atoms. The summed E-state index contributed by atoms with van der Waals surface area (Å²) in [5.41, 5.74) is 3.29. The number of aliphatic hydroxyl groups is 1. The molecule has 0 amide bonds. The van der Waals surface area contributed by atoms with Crippen LogP contribution in [0.3, 0.4) is 0 Å². The Kier molecular flexibility index (Phi) is 2.64. The van der Waals surface area contributed by atoms with Crippen LogP contribution >= 0.6 is 0 Å². The minimum absolute atomic E-state index is 0.172. The fraction of sp³-hybridized carbons (Fsp3) is 0.333. The van der Waals surface area contributed by atoms with Gasteiger partial charge in [0.1, 0.15) is 5.75 Å². The Labute approximate surface area is 88.7 Å². The Morgan fingerprint density at radius 2 is 2.20 bits per heavy atom. The number of aliphatic hydroxyl groups excluding tert-OH is 1.